The molecule has 0 aliphatic carbocycles. The van der Waals surface area contributed by atoms with Crippen LogP contribution >= 0.6 is 0 Å². The molecule has 10 heavy (non-hydrogen) atoms. The Hall–Kier alpha value is -1.06. The highest BCUT2D eigenvalue weighted by molar-refractivity contribution is 5.53. The third-order valence-corrected chi connectivity index (χ3v) is 0.542. The third kappa shape index (κ3) is 65.1. The van der Waals surface area contributed by atoms with Gasteiger partial charge in [0.05, 0.1) is 6.67 Å². The van der Waals surface area contributed by atoms with Crippen molar-refractivity contribution < 1.29 is 19.4 Å². The van der Waals surface area contributed by atoms with Crippen molar-refractivity contribution in [3.8, 4) is 0 Å². The predicted octanol–water partition coefficient (Wildman–Crippen LogP) is 2.14. The van der Waals surface area contributed by atoms with Gasteiger partial charge in [0.1, 0.15) is 0 Å². The lowest BCUT2D eigenvalue weighted by molar-refractivity contribution is 0.137. The fourth-order valence-corrected chi connectivity index (χ4v) is 0.221. The fourth-order valence-electron chi connectivity index (χ4n) is 0.221. The van der Waals surface area contributed by atoms with Crippen LogP contribution in [0.1, 0.15) is 12.8 Å². The monoisotopic (exact) mass is 150 g/mol. The number of carboxylic acid groups (broad SMARTS) is 2. The van der Waals surface area contributed by atoms with Gasteiger partial charge >= 0.3 is 6.16 Å². The summed E-state index contributed by atoms with van der Waals surface area (Å²) >= 11 is 0. The molecule has 2 N–H and O–H groups in total. The van der Waals surface area contributed by atoms with Crippen molar-refractivity contribution in [2.45, 2.75) is 12.8 Å². The van der Waals surface area contributed by atoms with Gasteiger partial charge in [-0.1, -0.05) is 6.08 Å². The molecule has 0 bridgehead atoms. The van der Waals surface area contributed by atoms with Gasteiger partial charge < -0.3 is 10.2 Å². The maximum Gasteiger partial charge on any atom is 0.503 e. The zero-order chi connectivity index (χ0) is 8.41. The summed E-state index contributed by atoms with van der Waals surface area (Å²) in [6, 6.07) is 0. The van der Waals surface area contributed by atoms with Crippen LogP contribution in [0.3, 0.4) is 0 Å². The highest BCUT2D eigenvalue weighted by Crippen LogP contribution is 1.86. The number of hydrogen-bond donors (Lipinski definition) is 2. The third-order valence-electron chi connectivity index (χ3n) is 0.542. The van der Waals surface area contributed by atoms with Crippen molar-refractivity contribution in [3.05, 3.63) is 12.7 Å². The number of carbonyl (C=O) groups is 1. The van der Waals surface area contributed by atoms with Crippen molar-refractivity contribution in [2.24, 2.45) is 0 Å². The van der Waals surface area contributed by atoms with E-state index in [1.54, 1.807) is 6.08 Å². The number of rotatable bonds is 3. The normalized spacial score (nSPS) is 7.30. The van der Waals surface area contributed by atoms with Crippen molar-refractivity contribution in [1.29, 1.82) is 0 Å². The molecule has 0 rings (SSSR count). The fraction of sp³-hybridized carbons (Fsp3) is 0.500. The number of hydrogen-bond acceptors (Lipinski definition) is 1. The van der Waals surface area contributed by atoms with E-state index in [9.17, 15) is 4.39 Å². The minimum absolute atomic E-state index is 0.216. The first-order valence-corrected chi connectivity index (χ1v) is 2.74. The van der Waals surface area contributed by atoms with E-state index in [-0.39, 0.29) is 6.67 Å². The topological polar surface area (TPSA) is 57.5 Å². The van der Waals surface area contributed by atoms with Gasteiger partial charge in [-0.2, -0.15) is 0 Å². The Kier molecular flexibility index (Phi) is 12.7. The summed E-state index contributed by atoms with van der Waals surface area (Å²) in [6.07, 6.45) is 1.32. The molecule has 0 saturated heterocycles. The number of halogens is 1. The van der Waals surface area contributed by atoms with Crippen LogP contribution in [-0.4, -0.2) is 23.0 Å². The van der Waals surface area contributed by atoms with Crippen LogP contribution in [0.15, 0.2) is 12.7 Å². The van der Waals surface area contributed by atoms with Crippen LogP contribution in [0.4, 0.5) is 9.18 Å². The van der Waals surface area contributed by atoms with Gasteiger partial charge in [0.15, 0.2) is 0 Å². The summed E-state index contributed by atoms with van der Waals surface area (Å²) in [7, 11) is 0. The summed E-state index contributed by atoms with van der Waals surface area (Å²) in [5.74, 6) is 0. The van der Waals surface area contributed by atoms with E-state index in [1.165, 1.54) is 0 Å². The quantitative estimate of drug-likeness (QED) is 0.478. The Morgan fingerprint density at radius 2 is 2.00 bits per heavy atom. The van der Waals surface area contributed by atoms with E-state index in [1.807, 2.05) is 0 Å². The largest absolute Gasteiger partial charge is 0.503 e. The van der Waals surface area contributed by atoms with E-state index >= 15 is 0 Å². The molecule has 0 radical (unpaired) electrons. The molecule has 0 heterocycles. The van der Waals surface area contributed by atoms with Crippen LogP contribution < -0.4 is 0 Å². The van der Waals surface area contributed by atoms with E-state index in [2.05, 4.69) is 6.58 Å². The second-order valence-electron chi connectivity index (χ2n) is 1.40. The summed E-state index contributed by atoms with van der Waals surface area (Å²) in [5.41, 5.74) is 0. The van der Waals surface area contributed by atoms with Gasteiger partial charge in [0, 0.05) is 0 Å². The van der Waals surface area contributed by atoms with E-state index in [0.29, 0.717) is 6.42 Å². The second-order valence-corrected chi connectivity index (χ2v) is 1.40. The zero-order valence-electron chi connectivity index (χ0n) is 5.59. The number of unbranched alkanes of at least 4 members (excludes halogenated alkanes) is 1. The zero-order valence-corrected chi connectivity index (χ0v) is 5.59. The van der Waals surface area contributed by atoms with E-state index in [4.69, 9.17) is 15.0 Å². The molecule has 0 unspecified atom stereocenters. The van der Waals surface area contributed by atoms with Gasteiger partial charge in [0.25, 0.3) is 0 Å². The van der Waals surface area contributed by atoms with Crippen LogP contribution in [0.2, 0.25) is 0 Å². The Labute approximate surface area is 58.8 Å². The van der Waals surface area contributed by atoms with Gasteiger partial charge in [-0.25, -0.2) is 4.79 Å². The second kappa shape index (κ2) is 10.8. The van der Waals surface area contributed by atoms with E-state index in [0.717, 1.165) is 6.42 Å². The summed E-state index contributed by atoms with van der Waals surface area (Å²) in [5, 5.41) is 13.9. The lowest BCUT2D eigenvalue weighted by Crippen LogP contribution is -1.81. The van der Waals surface area contributed by atoms with Gasteiger partial charge in [-0.05, 0) is 12.8 Å². The Balaban J connectivity index is 0. The minimum atomic E-state index is -1.83. The van der Waals surface area contributed by atoms with Gasteiger partial charge in [0.2, 0.25) is 0 Å². The molecule has 0 spiro atoms. The number of allylic oxidation sites excluding steroid dienone is 1. The molecule has 0 aromatic carbocycles. The lowest BCUT2D eigenvalue weighted by Gasteiger charge is -1.79. The maximum atomic E-state index is 11.1. The summed E-state index contributed by atoms with van der Waals surface area (Å²) in [6.45, 7) is 3.22. The molecule has 4 heteroatoms. The van der Waals surface area contributed by atoms with Gasteiger partial charge in [-0.15, -0.1) is 6.58 Å². The Bertz CT molecular complexity index is 89.0. The highest BCUT2D eigenvalue weighted by Gasteiger charge is 1.74. The van der Waals surface area contributed by atoms with Crippen LogP contribution in [0.25, 0.3) is 0 Å². The molecular weight excluding hydrogens is 139 g/mol. The maximum absolute atomic E-state index is 11.1. The molecule has 0 fully saturated rings. The highest BCUT2D eigenvalue weighted by atomic mass is 19.1. The van der Waals surface area contributed by atoms with Crippen LogP contribution in [0, 0.1) is 0 Å². The summed E-state index contributed by atoms with van der Waals surface area (Å²) < 4.78 is 11.1. The van der Waals surface area contributed by atoms with Gasteiger partial charge in [-0.3, -0.25) is 4.39 Å². The number of alkyl halides is 1. The van der Waals surface area contributed by atoms with Crippen LogP contribution in [-0.2, 0) is 0 Å². The molecular formula is C6H11FO3. The van der Waals surface area contributed by atoms with Crippen molar-refractivity contribution in [2.75, 3.05) is 6.67 Å². The van der Waals surface area contributed by atoms with E-state index < -0.39 is 6.16 Å². The standard InChI is InChI=1S/C5H9F.CH2O3/c1-2-3-4-5-6;2-1(3)4/h2H,1,3-5H2;(H2,2,3,4). The predicted molar refractivity (Wildman–Crippen MR) is 36.1 cm³/mol. The molecule has 0 aliphatic rings. The first-order chi connectivity index (χ1) is 4.65. The average molecular weight is 150 g/mol. The first-order valence-electron chi connectivity index (χ1n) is 2.74. The molecule has 60 valence electrons. The minimum Gasteiger partial charge on any atom is -0.450 e. The SMILES string of the molecule is C=CCCCF.O=C(O)O. The molecule has 0 aromatic heterocycles. The smallest absolute Gasteiger partial charge is 0.450 e. The molecule has 3 nitrogen and oxygen atoms in total. The molecule has 0 saturated carbocycles. The Morgan fingerprint density at radius 1 is 1.60 bits per heavy atom. The van der Waals surface area contributed by atoms with Crippen LogP contribution in [0.5, 0.6) is 0 Å². The van der Waals surface area contributed by atoms with Crippen molar-refractivity contribution in [3.63, 3.8) is 0 Å². The molecule has 0 aliphatic heterocycles. The molecule has 0 aromatic rings. The summed E-state index contributed by atoms with van der Waals surface area (Å²) in [4.78, 5) is 8.56. The van der Waals surface area contributed by atoms with Crippen molar-refractivity contribution >= 4 is 6.16 Å². The lowest BCUT2D eigenvalue weighted by atomic mass is 10.3. The molecule has 0 amide bonds. The van der Waals surface area contributed by atoms with Crippen molar-refractivity contribution in [1.82, 2.24) is 0 Å². The molecule has 0 atom stereocenters. The Morgan fingerprint density at radius 3 is 2.10 bits per heavy atom. The first kappa shape index (κ1) is 11.7. The average Bonchev–Trinajstić information content (AvgIpc) is 1.82.